The van der Waals surface area contributed by atoms with Crippen LogP contribution in [0, 0.1) is 11.3 Å². The van der Waals surface area contributed by atoms with E-state index in [-0.39, 0.29) is 18.9 Å². The molecule has 1 unspecified atom stereocenters. The first-order valence-corrected chi connectivity index (χ1v) is 5.47. The molecule has 0 heterocycles. The number of carboxylic acid groups (broad SMARTS) is 1. The van der Waals surface area contributed by atoms with Crippen molar-refractivity contribution < 1.29 is 24.3 Å². The number of carbonyl (C=O) groups excluding carboxylic acids is 1. The van der Waals surface area contributed by atoms with E-state index in [1.807, 2.05) is 0 Å². The number of hydroxylamine groups is 1. The second kappa shape index (κ2) is 7.24. The molecule has 17 heavy (non-hydrogen) atoms. The summed E-state index contributed by atoms with van der Waals surface area (Å²) in [5.74, 6) is -1.58. The van der Waals surface area contributed by atoms with Crippen LogP contribution in [0.5, 0.6) is 0 Å². The molecule has 0 rings (SSSR count). The second-order valence-corrected chi connectivity index (χ2v) is 4.42. The average molecular weight is 247 g/mol. The van der Waals surface area contributed by atoms with Crippen molar-refractivity contribution in [2.45, 2.75) is 27.2 Å². The van der Waals surface area contributed by atoms with Gasteiger partial charge in [0.1, 0.15) is 0 Å². The fraction of sp³-hybridized carbons (Fsp3) is 0.818. The Bertz CT molecular complexity index is 267. The molecule has 1 atom stereocenters. The van der Waals surface area contributed by atoms with E-state index in [4.69, 9.17) is 14.7 Å². The molecule has 100 valence electrons. The Morgan fingerprint density at radius 3 is 2.35 bits per heavy atom. The smallest absolute Gasteiger partial charge is 0.310 e. The van der Waals surface area contributed by atoms with Gasteiger partial charge in [0.2, 0.25) is 5.91 Å². The van der Waals surface area contributed by atoms with E-state index < -0.39 is 17.3 Å². The molecule has 2 N–H and O–H groups in total. The van der Waals surface area contributed by atoms with Crippen LogP contribution in [0.15, 0.2) is 0 Å². The summed E-state index contributed by atoms with van der Waals surface area (Å²) in [7, 11) is 1.52. The van der Waals surface area contributed by atoms with Crippen molar-refractivity contribution in [3.8, 4) is 0 Å². The largest absolute Gasteiger partial charge is 0.481 e. The average Bonchev–Trinajstić information content (AvgIpc) is 2.23. The molecular formula is C11H21NO5. The molecule has 0 aliphatic heterocycles. The van der Waals surface area contributed by atoms with Crippen molar-refractivity contribution in [1.82, 2.24) is 5.48 Å². The zero-order valence-corrected chi connectivity index (χ0v) is 10.8. The minimum atomic E-state index is -1.09. The van der Waals surface area contributed by atoms with Crippen LogP contribution in [0.4, 0.5) is 0 Å². The SMILES string of the molecule is COCCONC(=O)CC(C)(C(=O)O)C(C)C. The highest BCUT2D eigenvalue weighted by Gasteiger charge is 2.38. The van der Waals surface area contributed by atoms with Gasteiger partial charge in [-0.25, -0.2) is 5.48 Å². The molecule has 0 aromatic heterocycles. The van der Waals surface area contributed by atoms with E-state index >= 15 is 0 Å². The van der Waals surface area contributed by atoms with Gasteiger partial charge in [-0.1, -0.05) is 13.8 Å². The third-order valence-corrected chi connectivity index (χ3v) is 2.87. The Kier molecular flexibility index (Phi) is 6.75. The lowest BCUT2D eigenvalue weighted by Crippen LogP contribution is -2.39. The Labute approximate surface area is 101 Å². The molecule has 6 nitrogen and oxygen atoms in total. The Morgan fingerprint density at radius 2 is 1.94 bits per heavy atom. The van der Waals surface area contributed by atoms with E-state index in [0.29, 0.717) is 6.61 Å². The van der Waals surface area contributed by atoms with Crippen LogP contribution in [0.25, 0.3) is 0 Å². The standard InChI is InChI=1S/C11H21NO5/c1-8(2)11(3,10(14)15)7-9(13)12-17-6-5-16-4/h8H,5-7H2,1-4H3,(H,12,13)(H,14,15). The lowest BCUT2D eigenvalue weighted by molar-refractivity contribution is -0.156. The molecule has 0 radical (unpaired) electrons. The third-order valence-electron chi connectivity index (χ3n) is 2.87. The highest BCUT2D eigenvalue weighted by molar-refractivity contribution is 5.84. The van der Waals surface area contributed by atoms with E-state index in [1.165, 1.54) is 7.11 Å². The zero-order chi connectivity index (χ0) is 13.5. The van der Waals surface area contributed by atoms with Gasteiger partial charge in [0.05, 0.1) is 18.6 Å². The molecule has 6 heteroatoms. The summed E-state index contributed by atoms with van der Waals surface area (Å²) in [6.45, 7) is 5.68. The van der Waals surface area contributed by atoms with Gasteiger partial charge < -0.3 is 9.84 Å². The zero-order valence-electron chi connectivity index (χ0n) is 10.8. The summed E-state index contributed by atoms with van der Waals surface area (Å²) in [6.07, 6.45) is -0.118. The van der Waals surface area contributed by atoms with Gasteiger partial charge in [0.15, 0.2) is 0 Å². The number of amides is 1. The number of aliphatic carboxylic acids is 1. The molecule has 1 amide bonds. The second-order valence-electron chi connectivity index (χ2n) is 4.42. The number of methoxy groups -OCH3 is 1. The van der Waals surface area contributed by atoms with Crippen LogP contribution >= 0.6 is 0 Å². The van der Waals surface area contributed by atoms with Crippen molar-refractivity contribution in [3.63, 3.8) is 0 Å². The lowest BCUT2D eigenvalue weighted by Gasteiger charge is -2.28. The van der Waals surface area contributed by atoms with Crippen molar-refractivity contribution in [2.24, 2.45) is 11.3 Å². The summed E-state index contributed by atoms with van der Waals surface area (Å²) < 4.78 is 4.73. The van der Waals surface area contributed by atoms with Crippen LogP contribution in [-0.2, 0) is 19.2 Å². The topological polar surface area (TPSA) is 84.9 Å². The van der Waals surface area contributed by atoms with Crippen LogP contribution in [0.1, 0.15) is 27.2 Å². The number of rotatable bonds is 8. The van der Waals surface area contributed by atoms with Crippen molar-refractivity contribution in [3.05, 3.63) is 0 Å². The summed E-state index contributed by atoms with van der Waals surface area (Å²) in [5, 5.41) is 9.12. The fourth-order valence-electron chi connectivity index (χ4n) is 1.15. The number of nitrogens with one attached hydrogen (secondary N) is 1. The first kappa shape index (κ1) is 15.9. The quantitative estimate of drug-likeness (QED) is 0.490. The van der Waals surface area contributed by atoms with Crippen molar-refractivity contribution in [2.75, 3.05) is 20.3 Å². The van der Waals surface area contributed by atoms with Gasteiger partial charge in [-0.2, -0.15) is 0 Å². The minimum absolute atomic E-state index is 0.118. The van der Waals surface area contributed by atoms with Crippen LogP contribution in [0.3, 0.4) is 0 Å². The highest BCUT2D eigenvalue weighted by atomic mass is 16.7. The van der Waals surface area contributed by atoms with Gasteiger partial charge >= 0.3 is 5.97 Å². The van der Waals surface area contributed by atoms with Gasteiger partial charge in [0.25, 0.3) is 0 Å². The molecular weight excluding hydrogens is 226 g/mol. The van der Waals surface area contributed by atoms with E-state index in [1.54, 1.807) is 20.8 Å². The maximum absolute atomic E-state index is 11.5. The maximum atomic E-state index is 11.5. The molecule has 0 bridgehead atoms. The van der Waals surface area contributed by atoms with Gasteiger partial charge in [0, 0.05) is 13.5 Å². The minimum Gasteiger partial charge on any atom is -0.481 e. The van der Waals surface area contributed by atoms with Gasteiger partial charge in [-0.3, -0.25) is 14.4 Å². The number of carboxylic acids is 1. The van der Waals surface area contributed by atoms with Crippen molar-refractivity contribution in [1.29, 1.82) is 0 Å². The number of carbonyl (C=O) groups is 2. The summed E-state index contributed by atoms with van der Waals surface area (Å²) in [5.41, 5.74) is 1.11. The lowest BCUT2D eigenvalue weighted by atomic mass is 9.76. The molecule has 0 saturated heterocycles. The van der Waals surface area contributed by atoms with Gasteiger partial charge in [-0.05, 0) is 12.8 Å². The number of hydrogen-bond donors (Lipinski definition) is 2. The summed E-state index contributed by atoms with van der Waals surface area (Å²) in [6, 6.07) is 0. The van der Waals surface area contributed by atoms with E-state index in [9.17, 15) is 9.59 Å². The molecule has 0 saturated carbocycles. The van der Waals surface area contributed by atoms with Crippen LogP contribution in [-0.4, -0.2) is 37.3 Å². The van der Waals surface area contributed by atoms with E-state index in [2.05, 4.69) is 5.48 Å². The normalized spacial score (nSPS) is 14.4. The predicted octanol–water partition coefficient (Wildman–Crippen LogP) is 0.818. The monoisotopic (exact) mass is 247 g/mol. The summed E-state index contributed by atoms with van der Waals surface area (Å²) in [4.78, 5) is 27.4. The molecule has 0 spiro atoms. The number of ether oxygens (including phenoxy) is 1. The third kappa shape index (κ3) is 5.14. The Hall–Kier alpha value is -1.14. The molecule has 0 fully saturated rings. The summed E-state index contributed by atoms with van der Waals surface area (Å²) >= 11 is 0. The van der Waals surface area contributed by atoms with Crippen LogP contribution < -0.4 is 5.48 Å². The van der Waals surface area contributed by atoms with E-state index in [0.717, 1.165) is 0 Å². The molecule has 0 aromatic carbocycles. The van der Waals surface area contributed by atoms with Gasteiger partial charge in [-0.15, -0.1) is 0 Å². The van der Waals surface area contributed by atoms with Crippen LogP contribution in [0.2, 0.25) is 0 Å². The fourth-order valence-corrected chi connectivity index (χ4v) is 1.15. The number of hydrogen-bond acceptors (Lipinski definition) is 4. The molecule has 0 aliphatic rings. The first-order valence-electron chi connectivity index (χ1n) is 5.47. The Balaban J connectivity index is 4.20. The predicted molar refractivity (Wildman–Crippen MR) is 61.2 cm³/mol. The molecule has 0 aliphatic carbocycles. The molecule has 0 aromatic rings. The van der Waals surface area contributed by atoms with Crippen molar-refractivity contribution >= 4 is 11.9 Å². The highest BCUT2D eigenvalue weighted by Crippen LogP contribution is 2.31. The first-order chi connectivity index (χ1) is 7.84. The Morgan fingerprint density at radius 1 is 1.35 bits per heavy atom. The maximum Gasteiger partial charge on any atom is 0.310 e.